The number of aromatic amines is 1. The second kappa shape index (κ2) is 6.76. The number of hydrogen-bond acceptors (Lipinski definition) is 5. The van der Waals surface area contributed by atoms with Crippen LogP contribution in [0.25, 0.3) is 11.6 Å². The molecule has 0 saturated carbocycles. The maximum Gasteiger partial charge on any atom is 0.256 e. The van der Waals surface area contributed by atoms with Gasteiger partial charge in [0.1, 0.15) is 11.6 Å². The van der Waals surface area contributed by atoms with E-state index >= 15 is 0 Å². The first kappa shape index (κ1) is 16.5. The van der Waals surface area contributed by atoms with E-state index in [0.717, 1.165) is 5.69 Å². The van der Waals surface area contributed by atoms with Crippen molar-refractivity contribution in [2.45, 2.75) is 19.5 Å². The lowest BCUT2D eigenvalue weighted by Gasteiger charge is -2.27. The van der Waals surface area contributed by atoms with E-state index < -0.39 is 0 Å². The molecular weight excluding hydrogens is 337 g/mol. The first-order valence-electron chi connectivity index (χ1n) is 8.35. The van der Waals surface area contributed by atoms with Gasteiger partial charge in [-0.05, 0) is 30.3 Å². The third-order valence-electron chi connectivity index (χ3n) is 4.55. The number of halogens is 1. The van der Waals surface area contributed by atoms with Crippen LogP contribution in [0.5, 0.6) is 5.75 Å². The Hall–Kier alpha value is -2.93. The van der Waals surface area contributed by atoms with E-state index in [-0.39, 0.29) is 11.4 Å². The highest BCUT2D eigenvalue weighted by Crippen LogP contribution is 2.22. The van der Waals surface area contributed by atoms with E-state index in [0.29, 0.717) is 54.5 Å². The van der Waals surface area contributed by atoms with Gasteiger partial charge in [0, 0.05) is 31.6 Å². The fourth-order valence-electron chi connectivity index (χ4n) is 3.19. The van der Waals surface area contributed by atoms with Gasteiger partial charge in [-0.25, -0.2) is 9.37 Å². The third-order valence-corrected chi connectivity index (χ3v) is 4.55. The van der Waals surface area contributed by atoms with Crippen LogP contribution in [0.1, 0.15) is 16.8 Å². The fraction of sp³-hybridized carbons (Fsp3) is 0.263. The van der Waals surface area contributed by atoms with Crippen LogP contribution in [0.15, 0.2) is 45.8 Å². The van der Waals surface area contributed by atoms with Gasteiger partial charge in [-0.2, -0.15) is 0 Å². The van der Waals surface area contributed by atoms with Gasteiger partial charge in [0.15, 0.2) is 11.6 Å². The largest absolute Gasteiger partial charge is 0.497 e. The van der Waals surface area contributed by atoms with Crippen LogP contribution in [-0.4, -0.2) is 28.5 Å². The average Bonchev–Trinajstić information content (AvgIpc) is 3.18. The lowest BCUT2D eigenvalue weighted by Crippen LogP contribution is -2.35. The summed E-state index contributed by atoms with van der Waals surface area (Å²) in [4.78, 5) is 21.8. The number of fused-ring (bicyclic) bond motifs is 1. The Kier molecular flexibility index (Phi) is 4.30. The van der Waals surface area contributed by atoms with Gasteiger partial charge in [-0.1, -0.05) is 0 Å². The summed E-state index contributed by atoms with van der Waals surface area (Å²) in [5, 5.41) is 0. The van der Waals surface area contributed by atoms with Crippen molar-refractivity contribution < 1.29 is 13.5 Å². The van der Waals surface area contributed by atoms with Crippen molar-refractivity contribution in [1.82, 2.24) is 14.9 Å². The molecule has 0 atom stereocenters. The molecule has 1 aliphatic rings. The molecule has 0 fully saturated rings. The Balaban J connectivity index is 1.58. The molecular formula is C19H18FN3O3. The fourth-order valence-corrected chi connectivity index (χ4v) is 3.19. The Labute approximate surface area is 149 Å². The number of benzene rings is 1. The van der Waals surface area contributed by atoms with Gasteiger partial charge >= 0.3 is 0 Å². The number of methoxy groups -OCH3 is 1. The van der Waals surface area contributed by atoms with E-state index in [4.69, 9.17) is 9.15 Å². The van der Waals surface area contributed by atoms with Gasteiger partial charge in [0.2, 0.25) is 0 Å². The predicted molar refractivity (Wildman–Crippen MR) is 93.3 cm³/mol. The molecule has 4 rings (SSSR count). The summed E-state index contributed by atoms with van der Waals surface area (Å²) in [6.45, 7) is 1.52. The van der Waals surface area contributed by atoms with Crippen molar-refractivity contribution in [3.05, 3.63) is 69.6 Å². The number of aromatic nitrogens is 2. The first-order valence-corrected chi connectivity index (χ1v) is 8.35. The van der Waals surface area contributed by atoms with Crippen molar-refractivity contribution in [3.63, 3.8) is 0 Å². The molecule has 1 N–H and O–H groups in total. The summed E-state index contributed by atoms with van der Waals surface area (Å²) in [6.07, 6.45) is 2.16. The van der Waals surface area contributed by atoms with Gasteiger partial charge in [-0.3, -0.25) is 9.69 Å². The van der Waals surface area contributed by atoms with Crippen molar-refractivity contribution in [1.29, 1.82) is 0 Å². The van der Waals surface area contributed by atoms with Gasteiger partial charge in [0.25, 0.3) is 5.56 Å². The second-order valence-electron chi connectivity index (χ2n) is 6.24. The number of furan rings is 1. The minimum atomic E-state index is -0.281. The molecule has 0 saturated heterocycles. The molecule has 0 amide bonds. The molecule has 0 spiro atoms. The first-order chi connectivity index (χ1) is 12.6. The minimum Gasteiger partial charge on any atom is -0.497 e. The molecule has 0 radical (unpaired) electrons. The molecule has 1 aromatic carbocycles. The molecule has 3 aromatic rings. The third kappa shape index (κ3) is 3.13. The highest BCUT2D eigenvalue weighted by Gasteiger charge is 2.23. The van der Waals surface area contributed by atoms with Crippen LogP contribution >= 0.6 is 0 Å². The molecule has 26 heavy (non-hydrogen) atoms. The topological polar surface area (TPSA) is 71.4 Å². The number of nitrogens with zero attached hydrogens (tertiary/aromatic N) is 2. The summed E-state index contributed by atoms with van der Waals surface area (Å²) in [6, 6.07) is 8.18. The maximum atomic E-state index is 14.1. The molecule has 0 unspecified atom stereocenters. The molecule has 2 aromatic heterocycles. The molecule has 0 bridgehead atoms. The molecule has 6 nitrogen and oxygen atoms in total. The lowest BCUT2D eigenvalue weighted by molar-refractivity contribution is 0.238. The smallest absolute Gasteiger partial charge is 0.256 e. The van der Waals surface area contributed by atoms with Gasteiger partial charge in [0.05, 0.1) is 24.6 Å². The molecule has 0 aliphatic carbocycles. The standard InChI is InChI=1S/C19H18FN3O3/c1-25-13-4-5-15(20)12(9-13)10-23-7-6-16-14(11-23)19(24)22-18(21-16)17-3-2-8-26-17/h2-5,8-9H,6-7,10-11H2,1H3,(H,21,22,24). The van der Waals surface area contributed by atoms with Crippen molar-refractivity contribution >= 4 is 0 Å². The zero-order valence-corrected chi connectivity index (χ0v) is 14.3. The predicted octanol–water partition coefficient (Wildman–Crippen LogP) is 2.74. The van der Waals surface area contributed by atoms with Crippen LogP contribution in [-0.2, 0) is 19.5 Å². The minimum absolute atomic E-state index is 0.183. The molecule has 134 valence electrons. The quantitative estimate of drug-likeness (QED) is 0.779. The zero-order chi connectivity index (χ0) is 18.1. The number of hydrogen-bond donors (Lipinski definition) is 1. The van der Waals surface area contributed by atoms with E-state index in [1.165, 1.54) is 6.07 Å². The van der Waals surface area contributed by atoms with Crippen molar-refractivity contribution in [2.24, 2.45) is 0 Å². The monoisotopic (exact) mass is 355 g/mol. The maximum absolute atomic E-state index is 14.1. The van der Waals surface area contributed by atoms with E-state index in [1.807, 2.05) is 4.90 Å². The van der Waals surface area contributed by atoms with Gasteiger partial charge in [-0.15, -0.1) is 0 Å². The lowest BCUT2D eigenvalue weighted by atomic mass is 10.1. The number of nitrogens with one attached hydrogen (secondary N) is 1. The zero-order valence-electron chi connectivity index (χ0n) is 14.3. The molecule has 7 heteroatoms. The van der Waals surface area contributed by atoms with Crippen molar-refractivity contribution in [3.8, 4) is 17.3 Å². The summed E-state index contributed by atoms with van der Waals surface area (Å²) < 4.78 is 24.5. The molecule has 3 heterocycles. The Morgan fingerprint density at radius 1 is 1.38 bits per heavy atom. The van der Waals surface area contributed by atoms with Crippen LogP contribution in [0.3, 0.4) is 0 Å². The number of ether oxygens (including phenoxy) is 1. The van der Waals surface area contributed by atoms with E-state index in [2.05, 4.69) is 9.97 Å². The summed E-state index contributed by atoms with van der Waals surface area (Å²) >= 11 is 0. The van der Waals surface area contributed by atoms with E-state index in [9.17, 15) is 9.18 Å². The van der Waals surface area contributed by atoms with Crippen LogP contribution in [0.2, 0.25) is 0 Å². The Bertz CT molecular complexity index is 982. The average molecular weight is 355 g/mol. The summed E-state index contributed by atoms with van der Waals surface area (Å²) in [5.74, 6) is 1.30. The van der Waals surface area contributed by atoms with E-state index in [1.54, 1.807) is 37.6 Å². The normalized spacial score (nSPS) is 14.2. The van der Waals surface area contributed by atoms with Crippen LogP contribution in [0.4, 0.5) is 4.39 Å². The molecule has 1 aliphatic heterocycles. The SMILES string of the molecule is COc1ccc(F)c(CN2CCc3nc(-c4ccco4)[nH]c(=O)c3C2)c1. The Morgan fingerprint density at radius 2 is 2.27 bits per heavy atom. The highest BCUT2D eigenvalue weighted by molar-refractivity contribution is 5.47. The Morgan fingerprint density at radius 3 is 3.04 bits per heavy atom. The number of rotatable bonds is 4. The highest BCUT2D eigenvalue weighted by atomic mass is 19.1. The van der Waals surface area contributed by atoms with Crippen molar-refractivity contribution in [2.75, 3.05) is 13.7 Å². The summed E-state index contributed by atoms with van der Waals surface area (Å²) in [7, 11) is 1.55. The number of H-pyrrole nitrogens is 1. The van der Waals surface area contributed by atoms with Crippen LogP contribution in [0, 0.1) is 5.82 Å². The van der Waals surface area contributed by atoms with Gasteiger partial charge < -0.3 is 14.1 Å². The summed E-state index contributed by atoms with van der Waals surface area (Å²) in [5.41, 5.74) is 1.75. The van der Waals surface area contributed by atoms with Crippen LogP contribution < -0.4 is 10.3 Å². The second-order valence-corrected chi connectivity index (χ2v) is 6.24.